The molecule has 1 aromatic carbocycles. The molecular weight excluding hydrogens is 289 g/mol. The number of nitrogens with zero attached hydrogens (tertiary/aromatic N) is 1. The van der Waals surface area contributed by atoms with Gasteiger partial charge in [0.15, 0.2) is 0 Å². The maximum Gasteiger partial charge on any atom is 0.255 e. The molecule has 0 saturated carbocycles. The Kier molecular flexibility index (Phi) is 3.79. The van der Waals surface area contributed by atoms with Crippen LogP contribution in [-0.4, -0.2) is 35.1 Å². The summed E-state index contributed by atoms with van der Waals surface area (Å²) in [5.41, 5.74) is 0.437. The van der Waals surface area contributed by atoms with Crippen LogP contribution in [0.1, 0.15) is 23.2 Å². The fourth-order valence-corrected chi connectivity index (χ4v) is 2.63. The number of aliphatic hydroxyl groups excluding tert-OH is 1. The van der Waals surface area contributed by atoms with E-state index in [1.54, 1.807) is 4.90 Å². The number of likely N-dealkylation sites (tertiary alicyclic amines) is 1. The fourth-order valence-electron chi connectivity index (χ4n) is 2.11. The van der Waals surface area contributed by atoms with E-state index in [9.17, 15) is 14.3 Å². The molecular formula is C12H13BrFNO2. The number of benzene rings is 1. The van der Waals surface area contributed by atoms with Crippen molar-refractivity contribution in [3.8, 4) is 0 Å². The van der Waals surface area contributed by atoms with Crippen molar-refractivity contribution in [2.45, 2.75) is 18.9 Å². The first-order chi connectivity index (χ1) is 8.13. The second-order valence-corrected chi connectivity index (χ2v) is 4.96. The lowest BCUT2D eigenvalue weighted by Crippen LogP contribution is -2.37. The molecule has 0 bridgehead atoms. The lowest BCUT2D eigenvalue weighted by Gasteiger charge is -2.23. The Morgan fingerprint density at radius 2 is 2.35 bits per heavy atom. The minimum atomic E-state index is -0.381. The third-order valence-corrected chi connectivity index (χ3v) is 3.67. The van der Waals surface area contributed by atoms with E-state index in [4.69, 9.17) is 0 Å². The predicted octanol–water partition coefficient (Wildman–Crippen LogP) is 2.19. The summed E-state index contributed by atoms with van der Waals surface area (Å²) in [6.45, 7) is 0.623. The number of carbonyl (C=O) groups excluding carboxylic acids is 1. The Balaban J connectivity index is 2.24. The van der Waals surface area contributed by atoms with E-state index in [1.807, 2.05) is 0 Å². The average molecular weight is 302 g/mol. The first-order valence-corrected chi connectivity index (χ1v) is 6.29. The lowest BCUT2D eigenvalue weighted by molar-refractivity contribution is 0.0676. The number of aliphatic hydroxyl groups is 1. The summed E-state index contributed by atoms with van der Waals surface area (Å²) in [6, 6.07) is 3.90. The Morgan fingerprint density at radius 3 is 3.00 bits per heavy atom. The Hall–Kier alpha value is -0.940. The molecule has 2 rings (SSSR count). The van der Waals surface area contributed by atoms with Gasteiger partial charge in [-0.05, 0) is 47.0 Å². The van der Waals surface area contributed by atoms with Gasteiger partial charge in [-0.3, -0.25) is 4.79 Å². The average Bonchev–Trinajstić information content (AvgIpc) is 2.76. The van der Waals surface area contributed by atoms with E-state index in [0.29, 0.717) is 16.6 Å². The van der Waals surface area contributed by atoms with Crippen molar-refractivity contribution in [3.05, 3.63) is 34.1 Å². The third-order valence-electron chi connectivity index (χ3n) is 3.01. The van der Waals surface area contributed by atoms with E-state index in [-0.39, 0.29) is 24.4 Å². The molecule has 3 nitrogen and oxygen atoms in total. The highest BCUT2D eigenvalue weighted by Crippen LogP contribution is 2.24. The highest BCUT2D eigenvalue weighted by atomic mass is 79.9. The lowest BCUT2D eigenvalue weighted by atomic mass is 10.1. The Morgan fingerprint density at radius 1 is 1.59 bits per heavy atom. The van der Waals surface area contributed by atoms with Crippen molar-refractivity contribution in [2.24, 2.45) is 0 Å². The molecule has 1 fully saturated rings. The van der Waals surface area contributed by atoms with Gasteiger partial charge in [0.2, 0.25) is 0 Å². The van der Waals surface area contributed by atoms with Crippen LogP contribution >= 0.6 is 15.9 Å². The van der Waals surface area contributed by atoms with Gasteiger partial charge < -0.3 is 10.0 Å². The van der Waals surface area contributed by atoms with Crippen molar-refractivity contribution in [1.82, 2.24) is 4.90 Å². The zero-order valence-electron chi connectivity index (χ0n) is 9.20. The maximum absolute atomic E-state index is 12.9. The maximum atomic E-state index is 12.9. The zero-order chi connectivity index (χ0) is 12.4. The molecule has 5 heteroatoms. The first-order valence-electron chi connectivity index (χ1n) is 5.50. The number of carbonyl (C=O) groups is 1. The zero-order valence-corrected chi connectivity index (χ0v) is 10.8. The molecule has 0 aromatic heterocycles. The second-order valence-electron chi connectivity index (χ2n) is 4.10. The summed E-state index contributed by atoms with van der Waals surface area (Å²) < 4.78 is 13.4. The minimum Gasteiger partial charge on any atom is -0.394 e. The molecule has 1 amide bonds. The van der Waals surface area contributed by atoms with Gasteiger partial charge in [0, 0.05) is 11.0 Å². The van der Waals surface area contributed by atoms with Crippen molar-refractivity contribution < 1.29 is 14.3 Å². The number of rotatable bonds is 2. The molecule has 0 spiro atoms. The number of amides is 1. The normalized spacial score (nSPS) is 19.7. The molecule has 1 unspecified atom stereocenters. The quantitative estimate of drug-likeness (QED) is 0.910. The molecule has 1 saturated heterocycles. The van der Waals surface area contributed by atoms with E-state index < -0.39 is 0 Å². The van der Waals surface area contributed by atoms with Crippen LogP contribution in [0.25, 0.3) is 0 Å². The van der Waals surface area contributed by atoms with Gasteiger partial charge in [-0.1, -0.05) is 0 Å². The van der Waals surface area contributed by atoms with Gasteiger partial charge in [-0.15, -0.1) is 0 Å². The van der Waals surface area contributed by atoms with Crippen molar-refractivity contribution in [1.29, 1.82) is 0 Å². The predicted molar refractivity (Wildman–Crippen MR) is 65.2 cm³/mol. The van der Waals surface area contributed by atoms with Crippen LogP contribution in [0.15, 0.2) is 22.7 Å². The fraction of sp³-hybridized carbons (Fsp3) is 0.417. The van der Waals surface area contributed by atoms with Crippen LogP contribution in [0.5, 0.6) is 0 Å². The summed E-state index contributed by atoms with van der Waals surface area (Å²) in [4.78, 5) is 13.9. The number of halogens is 2. The largest absolute Gasteiger partial charge is 0.394 e. The minimum absolute atomic E-state index is 0.0233. The van der Waals surface area contributed by atoms with E-state index in [0.717, 1.165) is 12.8 Å². The molecule has 0 aliphatic carbocycles. The van der Waals surface area contributed by atoms with E-state index in [2.05, 4.69) is 15.9 Å². The van der Waals surface area contributed by atoms with Gasteiger partial charge in [-0.2, -0.15) is 0 Å². The molecule has 1 aliphatic heterocycles. The molecule has 17 heavy (non-hydrogen) atoms. The van der Waals surface area contributed by atoms with Crippen LogP contribution in [0.3, 0.4) is 0 Å². The number of hydrogen-bond acceptors (Lipinski definition) is 2. The summed E-state index contributed by atoms with van der Waals surface area (Å²) in [5, 5.41) is 9.18. The monoisotopic (exact) mass is 301 g/mol. The summed E-state index contributed by atoms with van der Waals surface area (Å²) in [5.74, 6) is -0.540. The SMILES string of the molecule is O=C(c1ccc(F)cc1Br)N1CCCC1CO. The van der Waals surface area contributed by atoms with Gasteiger partial charge in [0.1, 0.15) is 5.82 Å². The van der Waals surface area contributed by atoms with Crippen LogP contribution in [0.4, 0.5) is 4.39 Å². The van der Waals surface area contributed by atoms with Gasteiger partial charge in [0.05, 0.1) is 18.2 Å². The number of hydrogen-bond donors (Lipinski definition) is 1. The second kappa shape index (κ2) is 5.14. The Labute approximate surface area is 107 Å². The highest BCUT2D eigenvalue weighted by molar-refractivity contribution is 9.10. The molecule has 92 valence electrons. The first kappa shape index (κ1) is 12.5. The topological polar surface area (TPSA) is 40.5 Å². The molecule has 1 aliphatic rings. The smallest absolute Gasteiger partial charge is 0.255 e. The van der Waals surface area contributed by atoms with Gasteiger partial charge in [0.25, 0.3) is 5.91 Å². The summed E-state index contributed by atoms with van der Waals surface area (Å²) in [7, 11) is 0. The van der Waals surface area contributed by atoms with Crippen LogP contribution < -0.4 is 0 Å². The summed E-state index contributed by atoms with van der Waals surface area (Å²) in [6.07, 6.45) is 1.72. The molecule has 1 N–H and O–H groups in total. The van der Waals surface area contributed by atoms with Crippen LogP contribution in [0, 0.1) is 5.82 Å². The van der Waals surface area contributed by atoms with Crippen LogP contribution in [-0.2, 0) is 0 Å². The van der Waals surface area contributed by atoms with Crippen molar-refractivity contribution >= 4 is 21.8 Å². The molecule has 1 atom stereocenters. The summed E-state index contributed by atoms with van der Waals surface area (Å²) >= 11 is 3.19. The highest BCUT2D eigenvalue weighted by Gasteiger charge is 2.29. The molecule has 1 aromatic rings. The van der Waals surface area contributed by atoms with Crippen molar-refractivity contribution in [3.63, 3.8) is 0 Å². The third kappa shape index (κ3) is 2.50. The van der Waals surface area contributed by atoms with E-state index >= 15 is 0 Å². The Bertz CT molecular complexity index is 439. The van der Waals surface area contributed by atoms with Gasteiger partial charge in [-0.25, -0.2) is 4.39 Å². The van der Waals surface area contributed by atoms with Crippen molar-refractivity contribution in [2.75, 3.05) is 13.2 Å². The molecule has 0 radical (unpaired) electrons. The van der Waals surface area contributed by atoms with Crippen LogP contribution in [0.2, 0.25) is 0 Å². The van der Waals surface area contributed by atoms with Gasteiger partial charge >= 0.3 is 0 Å². The standard InChI is InChI=1S/C12H13BrFNO2/c13-11-6-8(14)3-4-10(11)12(17)15-5-1-2-9(15)7-16/h3-4,6,9,16H,1-2,5,7H2. The molecule has 1 heterocycles. The van der Waals surface area contributed by atoms with E-state index in [1.165, 1.54) is 18.2 Å².